The summed E-state index contributed by atoms with van der Waals surface area (Å²) in [6.45, 7) is 1.85. The van der Waals surface area contributed by atoms with Crippen molar-refractivity contribution in [1.29, 1.82) is 0 Å². The number of aromatic nitrogens is 2. The number of H-pyrrole nitrogens is 1. The fraction of sp³-hybridized carbons (Fsp3) is 0.0714. The second kappa shape index (κ2) is 5.16. The van der Waals surface area contributed by atoms with Crippen molar-refractivity contribution in [3.8, 4) is 0 Å². The SMILES string of the molecule is Cc1cc(S(=O)(=O)Nc2ccc3[nH]ncc3c2)ccc1Br. The maximum absolute atomic E-state index is 12.4. The summed E-state index contributed by atoms with van der Waals surface area (Å²) in [7, 11) is -3.61. The van der Waals surface area contributed by atoms with Gasteiger partial charge in [-0.3, -0.25) is 9.82 Å². The fourth-order valence-electron chi connectivity index (χ4n) is 2.00. The number of benzene rings is 2. The van der Waals surface area contributed by atoms with E-state index >= 15 is 0 Å². The number of fused-ring (bicyclic) bond motifs is 1. The van der Waals surface area contributed by atoms with Gasteiger partial charge in [-0.25, -0.2) is 8.42 Å². The molecule has 0 aliphatic heterocycles. The zero-order chi connectivity index (χ0) is 15.0. The van der Waals surface area contributed by atoms with E-state index in [1.165, 1.54) is 0 Å². The van der Waals surface area contributed by atoms with Gasteiger partial charge in [0.25, 0.3) is 10.0 Å². The van der Waals surface area contributed by atoms with Crippen LogP contribution in [0.4, 0.5) is 5.69 Å². The molecule has 21 heavy (non-hydrogen) atoms. The van der Waals surface area contributed by atoms with Crippen molar-refractivity contribution in [1.82, 2.24) is 10.2 Å². The number of anilines is 1. The van der Waals surface area contributed by atoms with Crippen molar-refractivity contribution in [3.05, 3.63) is 52.6 Å². The molecule has 0 radical (unpaired) electrons. The van der Waals surface area contributed by atoms with Gasteiger partial charge in [0.1, 0.15) is 0 Å². The molecule has 108 valence electrons. The molecule has 3 rings (SSSR count). The van der Waals surface area contributed by atoms with E-state index in [2.05, 4.69) is 30.8 Å². The molecule has 2 N–H and O–H groups in total. The second-order valence-electron chi connectivity index (χ2n) is 4.69. The number of nitrogens with zero attached hydrogens (tertiary/aromatic N) is 1. The van der Waals surface area contributed by atoms with E-state index in [4.69, 9.17) is 0 Å². The van der Waals surface area contributed by atoms with Crippen LogP contribution in [0.25, 0.3) is 10.9 Å². The van der Waals surface area contributed by atoms with E-state index < -0.39 is 10.0 Å². The molecule has 0 unspecified atom stereocenters. The van der Waals surface area contributed by atoms with Gasteiger partial charge in [-0.2, -0.15) is 5.10 Å². The summed E-state index contributed by atoms with van der Waals surface area (Å²) in [4.78, 5) is 0.232. The van der Waals surface area contributed by atoms with E-state index in [1.54, 1.807) is 42.6 Å². The van der Waals surface area contributed by atoms with Crippen LogP contribution in [0.3, 0.4) is 0 Å². The highest BCUT2D eigenvalue weighted by molar-refractivity contribution is 9.10. The number of nitrogens with one attached hydrogen (secondary N) is 2. The van der Waals surface area contributed by atoms with Gasteiger partial charge in [0.15, 0.2) is 0 Å². The van der Waals surface area contributed by atoms with Gasteiger partial charge in [-0.15, -0.1) is 0 Å². The Kier molecular flexibility index (Phi) is 3.46. The molecule has 0 aliphatic carbocycles. The molecular weight excluding hydrogens is 354 g/mol. The van der Waals surface area contributed by atoms with Crippen LogP contribution in [0.2, 0.25) is 0 Å². The van der Waals surface area contributed by atoms with Gasteiger partial charge in [-0.1, -0.05) is 15.9 Å². The average Bonchev–Trinajstić information content (AvgIpc) is 2.88. The summed E-state index contributed by atoms with van der Waals surface area (Å²) < 4.78 is 28.2. The highest BCUT2D eigenvalue weighted by atomic mass is 79.9. The largest absolute Gasteiger partial charge is 0.280 e. The van der Waals surface area contributed by atoms with Gasteiger partial charge >= 0.3 is 0 Å². The summed E-state index contributed by atoms with van der Waals surface area (Å²) in [6, 6.07) is 10.1. The maximum Gasteiger partial charge on any atom is 0.261 e. The topological polar surface area (TPSA) is 74.8 Å². The molecule has 0 spiro atoms. The number of aryl methyl sites for hydroxylation is 1. The molecule has 0 amide bonds. The molecule has 7 heteroatoms. The lowest BCUT2D eigenvalue weighted by Gasteiger charge is -2.09. The van der Waals surface area contributed by atoms with E-state index in [9.17, 15) is 8.42 Å². The van der Waals surface area contributed by atoms with Gasteiger partial charge in [-0.05, 0) is 48.9 Å². The highest BCUT2D eigenvalue weighted by Crippen LogP contribution is 2.23. The van der Waals surface area contributed by atoms with Crippen molar-refractivity contribution in [2.24, 2.45) is 0 Å². The zero-order valence-corrected chi connectivity index (χ0v) is 13.5. The molecule has 0 saturated heterocycles. The van der Waals surface area contributed by atoms with Crippen LogP contribution in [0.5, 0.6) is 0 Å². The first-order valence-electron chi connectivity index (χ1n) is 6.18. The molecule has 1 aromatic heterocycles. The third kappa shape index (κ3) is 2.79. The quantitative estimate of drug-likeness (QED) is 0.746. The van der Waals surface area contributed by atoms with Gasteiger partial charge in [0, 0.05) is 15.5 Å². The van der Waals surface area contributed by atoms with Gasteiger partial charge in [0.2, 0.25) is 0 Å². The Hall–Kier alpha value is -1.86. The first kappa shape index (κ1) is 14.1. The summed E-state index contributed by atoms with van der Waals surface area (Å²) in [5, 5.41) is 7.58. The van der Waals surface area contributed by atoms with Crippen molar-refractivity contribution in [2.75, 3.05) is 4.72 Å². The van der Waals surface area contributed by atoms with E-state index in [-0.39, 0.29) is 4.90 Å². The van der Waals surface area contributed by atoms with E-state index in [0.29, 0.717) is 5.69 Å². The number of aromatic amines is 1. The Labute approximate surface area is 130 Å². The average molecular weight is 366 g/mol. The minimum absolute atomic E-state index is 0.232. The lowest BCUT2D eigenvalue weighted by molar-refractivity contribution is 0.601. The first-order chi connectivity index (χ1) is 9.95. The molecule has 0 atom stereocenters. The van der Waals surface area contributed by atoms with Crippen LogP contribution >= 0.6 is 15.9 Å². The number of sulfonamides is 1. The van der Waals surface area contributed by atoms with Gasteiger partial charge < -0.3 is 0 Å². The Balaban J connectivity index is 1.96. The molecule has 3 aromatic rings. The van der Waals surface area contributed by atoms with Crippen LogP contribution in [0, 0.1) is 6.92 Å². The Bertz CT molecular complexity index is 919. The number of hydrogen-bond donors (Lipinski definition) is 2. The monoisotopic (exact) mass is 365 g/mol. The summed E-state index contributed by atoms with van der Waals surface area (Å²) >= 11 is 3.36. The first-order valence-corrected chi connectivity index (χ1v) is 8.45. The molecule has 0 saturated carbocycles. The zero-order valence-electron chi connectivity index (χ0n) is 11.1. The smallest absolute Gasteiger partial charge is 0.261 e. The molecule has 0 bridgehead atoms. The third-order valence-corrected chi connectivity index (χ3v) is 5.40. The lowest BCUT2D eigenvalue weighted by atomic mass is 10.2. The Morgan fingerprint density at radius 2 is 2.00 bits per heavy atom. The molecule has 1 heterocycles. The molecule has 0 aliphatic rings. The minimum atomic E-state index is -3.61. The number of hydrogen-bond acceptors (Lipinski definition) is 3. The van der Waals surface area contributed by atoms with Crippen molar-refractivity contribution in [3.63, 3.8) is 0 Å². The molecule has 5 nitrogen and oxygen atoms in total. The van der Waals surface area contributed by atoms with Crippen LogP contribution < -0.4 is 4.72 Å². The highest BCUT2D eigenvalue weighted by Gasteiger charge is 2.15. The number of halogens is 1. The maximum atomic E-state index is 12.4. The summed E-state index contributed by atoms with van der Waals surface area (Å²) in [5.41, 5.74) is 2.23. The Morgan fingerprint density at radius 3 is 2.76 bits per heavy atom. The lowest BCUT2D eigenvalue weighted by Crippen LogP contribution is -2.13. The Morgan fingerprint density at radius 1 is 1.19 bits per heavy atom. The van der Waals surface area contributed by atoms with Crippen molar-refractivity contribution < 1.29 is 8.42 Å². The van der Waals surface area contributed by atoms with Crippen LogP contribution in [0.1, 0.15) is 5.56 Å². The van der Waals surface area contributed by atoms with Crippen LogP contribution in [-0.2, 0) is 10.0 Å². The van der Waals surface area contributed by atoms with Crippen molar-refractivity contribution in [2.45, 2.75) is 11.8 Å². The van der Waals surface area contributed by atoms with Crippen LogP contribution in [0.15, 0.2) is 52.0 Å². The molecular formula is C14H12BrN3O2S. The third-order valence-electron chi connectivity index (χ3n) is 3.13. The molecule has 2 aromatic carbocycles. The van der Waals surface area contributed by atoms with E-state index in [1.807, 2.05) is 6.92 Å². The van der Waals surface area contributed by atoms with Crippen LogP contribution in [-0.4, -0.2) is 18.6 Å². The minimum Gasteiger partial charge on any atom is -0.280 e. The van der Waals surface area contributed by atoms with Crippen molar-refractivity contribution >= 4 is 42.5 Å². The summed E-state index contributed by atoms with van der Waals surface area (Å²) in [6.07, 6.45) is 1.65. The van der Waals surface area contributed by atoms with Gasteiger partial charge in [0.05, 0.1) is 16.6 Å². The molecule has 0 fully saturated rings. The number of rotatable bonds is 3. The second-order valence-corrected chi connectivity index (χ2v) is 7.23. The normalized spacial score (nSPS) is 11.7. The summed E-state index contributed by atoms with van der Waals surface area (Å²) in [5.74, 6) is 0. The fourth-order valence-corrected chi connectivity index (χ4v) is 3.39. The van der Waals surface area contributed by atoms with E-state index in [0.717, 1.165) is 20.9 Å². The standard InChI is InChI=1S/C14H12BrN3O2S/c1-9-6-12(3-4-13(9)15)21(19,20)18-11-2-5-14-10(7-11)8-16-17-14/h2-8,18H,1H3,(H,16,17). The predicted molar refractivity (Wildman–Crippen MR) is 85.8 cm³/mol. The predicted octanol–water partition coefficient (Wildman–Crippen LogP) is 3.43.